The van der Waals surface area contributed by atoms with E-state index in [0.29, 0.717) is 25.4 Å². The van der Waals surface area contributed by atoms with E-state index in [-0.39, 0.29) is 24.3 Å². The van der Waals surface area contributed by atoms with Crippen molar-refractivity contribution in [3.63, 3.8) is 0 Å². The second-order valence-corrected chi connectivity index (χ2v) is 7.04. The molecule has 2 aromatic rings. The van der Waals surface area contributed by atoms with Gasteiger partial charge in [0.1, 0.15) is 12.6 Å². The maximum absolute atomic E-state index is 12.8. The van der Waals surface area contributed by atoms with Gasteiger partial charge in [-0.1, -0.05) is 29.8 Å². The Bertz CT molecular complexity index is 926. The van der Waals surface area contributed by atoms with Crippen LogP contribution in [0.3, 0.4) is 0 Å². The third-order valence-electron chi connectivity index (χ3n) is 4.93. The van der Waals surface area contributed by atoms with Gasteiger partial charge >= 0.3 is 6.09 Å². The summed E-state index contributed by atoms with van der Waals surface area (Å²) < 4.78 is 4.95. The van der Waals surface area contributed by atoms with Crippen molar-refractivity contribution >= 4 is 29.3 Å². The monoisotopic (exact) mass is 379 g/mol. The molecular weight excluding hydrogens is 358 g/mol. The minimum atomic E-state index is -0.610. The molecule has 2 aliphatic heterocycles. The Kier molecular flexibility index (Phi) is 4.73. The van der Waals surface area contributed by atoms with Crippen LogP contribution >= 0.6 is 0 Å². The van der Waals surface area contributed by atoms with Crippen molar-refractivity contribution in [2.45, 2.75) is 25.9 Å². The Morgan fingerprint density at radius 1 is 1.11 bits per heavy atom. The second kappa shape index (κ2) is 7.34. The van der Waals surface area contributed by atoms with E-state index in [2.05, 4.69) is 5.32 Å². The number of anilines is 2. The van der Waals surface area contributed by atoms with E-state index < -0.39 is 6.04 Å². The first-order valence-electron chi connectivity index (χ1n) is 9.22. The zero-order valence-corrected chi connectivity index (χ0v) is 15.6. The lowest BCUT2D eigenvalue weighted by Crippen LogP contribution is -2.34. The number of aryl methyl sites for hydroxylation is 1. The lowest BCUT2D eigenvalue weighted by atomic mass is 10.1. The Hall–Kier alpha value is -3.35. The molecule has 0 aliphatic carbocycles. The molecule has 0 unspecified atom stereocenters. The molecule has 0 radical (unpaired) electrons. The van der Waals surface area contributed by atoms with Crippen LogP contribution in [0.25, 0.3) is 0 Å². The highest BCUT2D eigenvalue weighted by atomic mass is 16.6. The van der Waals surface area contributed by atoms with Crippen LogP contribution in [0.4, 0.5) is 16.2 Å². The molecule has 7 nitrogen and oxygen atoms in total. The van der Waals surface area contributed by atoms with E-state index in [4.69, 9.17) is 4.74 Å². The third-order valence-corrected chi connectivity index (χ3v) is 4.93. The number of hydrogen-bond acceptors (Lipinski definition) is 5. The van der Waals surface area contributed by atoms with Crippen LogP contribution in [-0.2, 0) is 20.9 Å². The minimum Gasteiger partial charge on any atom is -0.448 e. The van der Waals surface area contributed by atoms with Crippen molar-refractivity contribution in [2.75, 3.05) is 23.4 Å². The van der Waals surface area contributed by atoms with Gasteiger partial charge in [-0.15, -0.1) is 0 Å². The molecule has 7 heteroatoms. The Morgan fingerprint density at radius 3 is 2.61 bits per heavy atom. The number of rotatable bonds is 5. The second-order valence-electron chi connectivity index (χ2n) is 7.04. The molecule has 3 amide bonds. The van der Waals surface area contributed by atoms with Gasteiger partial charge < -0.3 is 15.0 Å². The molecule has 0 bridgehead atoms. The number of cyclic esters (lactones) is 1. The van der Waals surface area contributed by atoms with Gasteiger partial charge in [0.2, 0.25) is 5.91 Å². The average molecular weight is 379 g/mol. The maximum Gasteiger partial charge on any atom is 0.410 e. The first-order valence-corrected chi connectivity index (χ1v) is 9.22. The van der Waals surface area contributed by atoms with Gasteiger partial charge in [0.25, 0.3) is 5.91 Å². The molecule has 4 rings (SSSR count). The number of carbonyl (C=O) groups is 3. The Balaban J connectivity index is 1.46. The maximum atomic E-state index is 12.8. The molecule has 144 valence electrons. The summed E-state index contributed by atoms with van der Waals surface area (Å²) in [6, 6.07) is 14.2. The van der Waals surface area contributed by atoms with E-state index in [0.717, 1.165) is 16.8 Å². The molecule has 2 aromatic carbocycles. The number of imide groups is 1. The smallest absolute Gasteiger partial charge is 0.410 e. The molecule has 1 atom stereocenters. The topological polar surface area (TPSA) is 79.0 Å². The van der Waals surface area contributed by atoms with Gasteiger partial charge in [-0.3, -0.25) is 9.59 Å². The van der Waals surface area contributed by atoms with Crippen LogP contribution in [0.2, 0.25) is 0 Å². The van der Waals surface area contributed by atoms with Crippen LogP contribution < -0.4 is 10.2 Å². The fourth-order valence-corrected chi connectivity index (χ4v) is 3.46. The molecule has 0 saturated carbocycles. The van der Waals surface area contributed by atoms with Crippen LogP contribution in [0, 0.1) is 6.92 Å². The highest BCUT2D eigenvalue weighted by Gasteiger charge is 2.39. The molecule has 2 aliphatic rings. The fourth-order valence-electron chi connectivity index (χ4n) is 3.46. The van der Waals surface area contributed by atoms with E-state index in [1.807, 2.05) is 43.3 Å². The lowest BCUT2D eigenvalue weighted by molar-refractivity contribution is -0.121. The molecule has 0 spiro atoms. The minimum absolute atomic E-state index is 0.107. The van der Waals surface area contributed by atoms with Crippen LogP contribution in [0.1, 0.15) is 17.5 Å². The average Bonchev–Trinajstić information content (AvgIpc) is 3.19. The van der Waals surface area contributed by atoms with Crippen molar-refractivity contribution < 1.29 is 19.1 Å². The van der Waals surface area contributed by atoms with Crippen LogP contribution in [0.5, 0.6) is 0 Å². The Morgan fingerprint density at radius 2 is 1.89 bits per heavy atom. The fraction of sp³-hybridized carbons (Fsp3) is 0.286. The van der Waals surface area contributed by atoms with E-state index in [1.165, 1.54) is 4.90 Å². The summed E-state index contributed by atoms with van der Waals surface area (Å²) in [4.78, 5) is 39.7. The largest absolute Gasteiger partial charge is 0.448 e. The zero-order valence-electron chi connectivity index (χ0n) is 15.6. The lowest BCUT2D eigenvalue weighted by Gasteiger charge is -2.17. The quantitative estimate of drug-likeness (QED) is 0.808. The van der Waals surface area contributed by atoms with Crippen molar-refractivity contribution in [1.82, 2.24) is 4.90 Å². The summed E-state index contributed by atoms with van der Waals surface area (Å²) in [5.41, 5.74) is 3.32. The van der Waals surface area contributed by atoms with Crippen molar-refractivity contribution in [2.24, 2.45) is 0 Å². The van der Waals surface area contributed by atoms with Crippen molar-refractivity contribution in [3.05, 3.63) is 59.7 Å². The van der Waals surface area contributed by atoms with Crippen molar-refractivity contribution in [3.8, 4) is 0 Å². The third kappa shape index (κ3) is 3.55. The summed E-state index contributed by atoms with van der Waals surface area (Å²) in [5, 5.41) is 3.16. The number of ether oxygens (including phenoxy) is 1. The van der Waals surface area contributed by atoms with E-state index >= 15 is 0 Å². The molecule has 2 heterocycles. The van der Waals surface area contributed by atoms with E-state index in [9.17, 15) is 14.4 Å². The first-order chi connectivity index (χ1) is 13.5. The summed E-state index contributed by atoms with van der Waals surface area (Å²) in [6.07, 6.45) is -0.210. The summed E-state index contributed by atoms with van der Waals surface area (Å²) in [6.45, 7) is 3.37. The summed E-state index contributed by atoms with van der Waals surface area (Å²) in [5.74, 6) is -0.482. The summed E-state index contributed by atoms with van der Waals surface area (Å²) in [7, 11) is 0. The predicted octanol–water partition coefficient (Wildman–Crippen LogP) is 2.69. The number of carbonyl (C=O) groups excluding carboxylic acids is 3. The molecule has 0 aromatic heterocycles. The predicted molar refractivity (Wildman–Crippen MR) is 104 cm³/mol. The molecule has 1 N–H and O–H groups in total. The number of amides is 3. The van der Waals surface area contributed by atoms with E-state index in [1.54, 1.807) is 17.0 Å². The number of hydrogen-bond donors (Lipinski definition) is 1. The number of nitrogens with zero attached hydrogens (tertiary/aromatic N) is 2. The van der Waals surface area contributed by atoms with Crippen LogP contribution in [0.15, 0.2) is 48.5 Å². The van der Waals surface area contributed by atoms with Gasteiger partial charge in [0.15, 0.2) is 0 Å². The molecular formula is C21H21N3O4. The summed E-state index contributed by atoms with van der Waals surface area (Å²) >= 11 is 0. The Labute approximate surface area is 162 Å². The highest BCUT2D eigenvalue weighted by Crippen LogP contribution is 2.25. The molecule has 2 saturated heterocycles. The standard InChI is InChI=1S/C21H21N3O4/c1-14-5-7-17(8-6-14)24-19(25)12-18(20(24)26)22-16-4-2-3-15(11-16)13-23-9-10-28-21(23)27/h2-8,11,18,22H,9-10,12-13H2,1H3/t18-/m1/s1. The van der Waals surface area contributed by atoms with Crippen LogP contribution in [-0.4, -0.2) is 42.0 Å². The SMILES string of the molecule is Cc1ccc(N2C(=O)C[C@@H](Nc3cccc(CN4CCOC4=O)c3)C2=O)cc1. The van der Waals surface area contributed by atoms with Gasteiger partial charge in [-0.2, -0.15) is 0 Å². The van der Waals surface area contributed by atoms with Crippen molar-refractivity contribution in [1.29, 1.82) is 0 Å². The van der Waals surface area contributed by atoms with Gasteiger partial charge in [0.05, 0.1) is 18.7 Å². The van der Waals surface area contributed by atoms with Gasteiger partial charge in [-0.05, 0) is 36.8 Å². The zero-order chi connectivity index (χ0) is 19.7. The van der Waals surface area contributed by atoms with Gasteiger partial charge in [-0.25, -0.2) is 9.69 Å². The first kappa shape index (κ1) is 18.0. The molecule has 28 heavy (non-hydrogen) atoms. The normalized spacial score (nSPS) is 19.3. The number of benzene rings is 2. The number of nitrogens with one attached hydrogen (secondary N) is 1. The highest BCUT2D eigenvalue weighted by molar-refractivity contribution is 6.23. The van der Waals surface area contributed by atoms with Gasteiger partial charge in [0, 0.05) is 12.2 Å². The molecule has 2 fully saturated rings.